The molecular formula is C11H13NO3Y. The molecule has 0 saturated heterocycles. The zero-order chi connectivity index (χ0) is 10.9. The van der Waals surface area contributed by atoms with Crippen molar-refractivity contribution >= 4 is 5.97 Å². The van der Waals surface area contributed by atoms with E-state index in [0.29, 0.717) is 12.1 Å². The first-order valence-corrected chi connectivity index (χ1v) is 4.99. The SMILES string of the molecule is O=C(O)C1(CO)CCCc2cccnc21.[Y]. The second-order valence-corrected chi connectivity index (χ2v) is 3.91. The first-order valence-electron chi connectivity index (χ1n) is 4.99. The minimum absolute atomic E-state index is 0. The van der Waals surface area contributed by atoms with Crippen LogP contribution in [0, 0.1) is 0 Å². The summed E-state index contributed by atoms with van der Waals surface area (Å²) in [6.07, 6.45) is 3.67. The van der Waals surface area contributed by atoms with Gasteiger partial charge in [0.15, 0.2) is 0 Å². The molecule has 1 aromatic rings. The summed E-state index contributed by atoms with van der Waals surface area (Å²) in [5.41, 5.74) is 0.293. The number of aliphatic carboxylic acids is 1. The third kappa shape index (κ3) is 2.06. The number of hydrogen-bond acceptors (Lipinski definition) is 3. The summed E-state index contributed by atoms with van der Waals surface area (Å²) in [7, 11) is 0. The molecular weight excluding hydrogens is 283 g/mol. The van der Waals surface area contributed by atoms with E-state index in [9.17, 15) is 15.0 Å². The van der Waals surface area contributed by atoms with Crippen molar-refractivity contribution in [3.8, 4) is 0 Å². The monoisotopic (exact) mass is 296 g/mol. The van der Waals surface area contributed by atoms with Gasteiger partial charge in [-0.2, -0.15) is 0 Å². The van der Waals surface area contributed by atoms with Gasteiger partial charge < -0.3 is 10.2 Å². The summed E-state index contributed by atoms with van der Waals surface area (Å²) >= 11 is 0. The Morgan fingerprint density at radius 2 is 2.31 bits per heavy atom. The number of aliphatic hydroxyl groups is 1. The molecule has 0 saturated carbocycles. The second-order valence-electron chi connectivity index (χ2n) is 3.91. The van der Waals surface area contributed by atoms with E-state index in [4.69, 9.17) is 0 Å². The minimum atomic E-state index is -1.19. The van der Waals surface area contributed by atoms with Crippen molar-refractivity contribution < 1.29 is 47.7 Å². The van der Waals surface area contributed by atoms with Crippen molar-refractivity contribution in [1.29, 1.82) is 0 Å². The predicted octanol–water partition coefficient (Wildman–Crippen LogP) is 0.730. The zero-order valence-corrected chi connectivity index (χ0v) is 11.7. The number of pyridine rings is 1. The Labute approximate surface area is 119 Å². The topological polar surface area (TPSA) is 70.4 Å². The first kappa shape index (κ1) is 13.7. The maximum atomic E-state index is 11.3. The fraction of sp³-hybridized carbons (Fsp3) is 0.455. The Morgan fingerprint density at radius 1 is 1.56 bits per heavy atom. The van der Waals surface area contributed by atoms with Gasteiger partial charge in [-0.15, -0.1) is 0 Å². The van der Waals surface area contributed by atoms with Crippen molar-refractivity contribution in [3.05, 3.63) is 29.6 Å². The van der Waals surface area contributed by atoms with Crippen molar-refractivity contribution in [2.75, 3.05) is 6.61 Å². The van der Waals surface area contributed by atoms with Gasteiger partial charge in [0.2, 0.25) is 0 Å². The molecule has 2 rings (SSSR count). The number of hydrogen-bond donors (Lipinski definition) is 2. The van der Waals surface area contributed by atoms with Crippen LogP contribution in [0.3, 0.4) is 0 Å². The van der Waals surface area contributed by atoms with E-state index in [2.05, 4.69) is 4.98 Å². The third-order valence-electron chi connectivity index (χ3n) is 3.07. The smallest absolute Gasteiger partial charge is 0.318 e. The standard InChI is InChI=1S/C11H13NO3.Y/c13-7-11(10(14)15)5-1-3-8-4-2-6-12-9(8)11;/h2,4,6,13H,1,3,5,7H2,(H,14,15);. The van der Waals surface area contributed by atoms with Crippen LogP contribution in [0.1, 0.15) is 24.1 Å². The van der Waals surface area contributed by atoms with Crippen LogP contribution in [0.5, 0.6) is 0 Å². The number of aromatic nitrogens is 1. The quantitative estimate of drug-likeness (QED) is 0.844. The van der Waals surface area contributed by atoms with Crippen molar-refractivity contribution in [2.45, 2.75) is 24.7 Å². The molecule has 0 aromatic carbocycles. The number of carboxylic acids is 1. The van der Waals surface area contributed by atoms with Gasteiger partial charge in [0.1, 0.15) is 5.41 Å². The van der Waals surface area contributed by atoms with E-state index in [1.807, 2.05) is 6.07 Å². The first-order chi connectivity index (χ1) is 7.20. The van der Waals surface area contributed by atoms with Gasteiger partial charge in [-0.25, -0.2) is 0 Å². The molecule has 83 valence electrons. The van der Waals surface area contributed by atoms with Crippen LogP contribution in [0.25, 0.3) is 0 Å². The maximum absolute atomic E-state index is 11.3. The molecule has 2 N–H and O–H groups in total. The number of carboxylic acid groups (broad SMARTS) is 1. The molecule has 0 aliphatic heterocycles. The van der Waals surface area contributed by atoms with E-state index in [0.717, 1.165) is 18.4 Å². The molecule has 1 radical (unpaired) electrons. The van der Waals surface area contributed by atoms with Gasteiger partial charge in [0.05, 0.1) is 12.3 Å². The van der Waals surface area contributed by atoms with E-state index < -0.39 is 11.4 Å². The minimum Gasteiger partial charge on any atom is -0.480 e. The second kappa shape index (κ2) is 5.34. The molecule has 1 aliphatic carbocycles. The van der Waals surface area contributed by atoms with Crippen LogP contribution in [0.4, 0.5) is 0 Å². The zero-order valence-electron chi connectivity index (χ0n) is 8.89. The van der Waals surface area contributed by atoms with E-state index in [1.54, 1.807) is 12.3 Å². The van der Waals surface area contributed by atoms with Crippen LogP contribution >= 0.6 is 0 Å². The van der Waals surface area contributed by atoms with Crippen molar-refractivity contribution in [1.82, 2.24) is 4.98 Å². The Bertz CT molecular complexity index is 397. The van der Waals surface area contributed by atoms with Gasteiger partial charge in [0.25, 0.3) is 0 Å². The molecule has 1 aliphatic rings. The molecule has 1 heterocycles. The summed E-state index contributed by atoms with van der Waals surface area (Å²) in [6.45, 7) is -0.383. The molecule has 0 amide bonds. The number of aryl methyl sites for hydroxylation is 1. The van der Waals surface area contributed by atoms with Gasteiger partial charge in [-0.1, -0.05) is 6.07 Å². The van der Waals surface area contributed by atoms with Crippen LogP contribution < -0.4 is 0 Å². The number of carbonyl (C=O) groups is 1. The number of aliphatic hydroxyl groups excluding tert-OH is 1. The average molecular weight is 296 g/mol. The van der Waals surface area contributed by atoms with Crippen LogP contribution in [0.2, 0.25) is 0 Å². The van der Waals surface area contributed by atoms with Crippen LogP contribution in [-0.2, 0) is 49.3 Å². The fourth-order valence-corrected chi connectivity index (χ4v) is 2.20. The molecule has 0 bridgehead atoms. The summed E-state index contributed by atoms with van der Waals surface area (Å²) in [4.78, 5) is 15.4. The van der Waals surface area contributed by atoms with Crippen LogP contribution in [0.15, 0.2) is 18.3 Å². The maximum Gasteiger partial charge on any atom is 0.318 e. The Morgan fingerprint density at radius 3 is 2.94 bits per heavy atom. The fourth-order valence-electron chi connectivity index (χ4n) is 2.20. The van der Waals surface area contributed by atoms with Gasteiger partial charge in [0, 0.05) is 38.9 Å². The summed E-state index contributed by atoms with van der Waals surface area (Å²) in [6, 6.07) is 3.68. The molecule has 1 atom stereocenters. The number of rotatable bonds is 2. The van der Waals surface area contributed by atoms with Crippen molar-refractivity contribution in [2.24, 2.45) is 0 Å². The Balaban J connectivity index is 0.00000128. The number of nitrogens with zero attached hydrogens (tertiary/aromatic N) is 1. The predicted molar refractivity (Wildman–Crippen MR) is 53.6 cm³/mol. The van der Waals surface area contributed by atoms with Crippen molar-refractivity contribution in [3.63, 3.8) is 0 Å². The molecule has 0 spiro atoms. The largest absolute Gasteiger partial charge is 0.480 e. The Hall–Kier alpha value is -0.316. The number of fused-ring (bicyclic) bond motifs is 1. The molecule has 5 heteroatoms. The van der Waals surface area contributed by atoms with Gasteiger partial charge in [-0.05, 0) is 30.9 Å². The van der Waals surface area contributed by atoms with E-state index in [-0.39, 0.29) is 39.3 Å². The Kier molecular flexibility index (Phi) is 4.59. The van der Waals surface area contributed by atoms with E-state index >= 15 is 0 Å². The molecule has 4 nitrogen and oxygen atoms in total. The molecule has 0 fully saturated rings. The summed E-state index contributed by atoms with van der Waals surface area (Å²) < 4.78 is 0. The molecule has 1 unspecified atom stereocenters. The summed E-state index contributed by atoms with van der Waals surface area (Å²) in [5, 5.41) is 18.6. The van der Waals surface area contributed by atoms with Gasteiger partial charge >= 0.3 is 5.97 Å². The third-order valence-corrected chi connectivity index (χ3v) is 3.07. The normalized spacial score (nSPS) is 23.1. The van der Waals surface area contributed by atoms with E-state index in [1.165, 1.54) is 0 Å². The molecule has 16 heavy (non-hydrogen) atoms. The molecule has 1 aromatic heterocycles. The average Bonchev–Trinajstić information content (AvgIpc) is 2.28. The van der Waals surface area contributed by atoms with Gasteiger partial charge in [-0.3, -0.25) is 9.78 Å². The van der Waals surface area contributed by atoms with Crippen LogP contribution in [-0.4, -0.2) is 27.8 Å². The summed E-state index contributed by atoms with van der Waals surface area (Å²) in [5.74, 6) is -0.982.